The van der Waals surface area contributed by atoms with Crippen molar-refractivity contribution >= 4 is 17.3 Å². The average molecular weight is 291 g/mol. The van der Waals surface area contributed by atoms with E-state index >= 15 is 0 Å². The summed E-state index contributed by atoms with van der Waals surface area (Å²) in [6.07, 6.45) is 0. The zero-order valence-corrected chi connectivity index (χ0v) is 14.2. The van der Waals surface area contributed by atoms with Crippen molar-refractivity contribution in [2.45, 2.75) is 27.7 Å². The summed E-state index contributed by atoms with van der Waals surface area (Å²) in [6.45, 7) is 10.1. The zero-order valence-electron chi connectivity index (χ0n) is 14.2. The molecule has 0 saturated carbocycles. The van der Waals surface area contributed by atoms with Gasteiger partial charge in [0.2, 0.25) is 0 Å². The van der Waals surface area contributed by atoms with Crippen molar-refractivity contribution in [2.75, 3.05) is 37.8 Å². The molecule has 0 radical (unpaired) electrons. The van der Waals surface area contributed by atoms with Crippen LogP contribution in [0.3, 0.4) is 0 Å². The Balaban J connectivity index is 3.00. The molecule has 0 bridgehead atoms. The molecule has 118 valence electrons. The first-order chi connectivity index (χ1) is 9.72. The first-order valence-corrected chi connectivity index (χ1v) is 7.58. The van der Waals surface area contributed by atoms with Gasteiger partial charge in [-0.1, -0.05) is 27.7 Å². The van der Waals surface area contributed by atoms with E-state index in [-0.39, 0.29) is 5.91 Å². The Morgan fingerprint density at radius 1 is 1.10 bits per heavy atom. The van der Waals surface area contributed by atoms with Crippen LogP contribution in [0.5, 0.6) is 0 Å². The van der Waals surface area contributed by atoms with Gasteiger partial charge >= 0.3 is 0 Å². The van der Waals surface area contributed by atoms with E-state index in [1.54, 1.807) is 6.07 Å². The first-order valence-electron chi connectivity index (χ1n) is 7.58. The largest absolute Gasteiger partial charge is 0.397 e. The number of nitrogens with zero attached hydrogens (tertiary/aromatic N) is 2. The molecule has 0 aliphatic rings. The number of carbonyl (C=O) groups is 1. The molecular weight excluding hydrogens is 262 g/mol. The summed E-state index contributed by atoms with van der Waals surface area (Å²) in [5.74, 6) is 0.964. The van der Waals surface area contributed by atoms with E-state index in [1.807, 2.05) is 36.0 Å². The van der Waals surface area contributed by atoms with Gasteiger partial charge < -0.3 is 15.5 Å². The fourth-order valence-corrected chi connectivity index (χ4v) is 2.40. The van der Waals surface area contributed by atoms with Gasteiger partial charge in [-0.3, -0.25) is 4.79 Å². The minimum absolute atomic E-state index is 0.0643. The van der Waals surface area contributed by atoms with E-state index in [1.165, 1.54) is 0 Å². The van der Waals surface area contributed by atoms with Gasteiger partial charge in [0.1, 0.15) is 0 Å². The number of hydrogen-bond donors (Lipinski definition) is 1. The lowest BCUT2D eigenvalue weighted by Gasteiger charge is -2.27. The SMILES string of the molecule is CC(C)CN(CC(C)C)C(=O)c1ccc(N(C)C)c(N)c1. The number of anilines is 2. The van der Waals surface area contributed by atoms with Crippen LogP contribution in [0.2, 0.25) is 0 Å². The van der Waals surface area contributed by atoms with Crippen molar-refractivity contribution in [1.29, 1.82) is 0 Å². The maximum atomic E-state index is 12.7. The van der Waals surface area contributed by atoms with Crippen molar-refractivity contribution in [1.82, 2.24) is 4.90 Å². The summed E-state index contributed by atoms with van der Waals surface area (Å²) in [5, 5.41) is 0. The Bertz CT molecular complexity index is 471. The number of benzene rings is 1. The Morgan fingerprint density at radius 2 is 1.62 bits per heavy atom. The third-order valence-electron chi connectivity index (χ3n) is 3.21. The molecular formula is C17H29N3O. The Hall–Kier alpha value is -1.71. The first kappa shape index (κ1) is 17.3. The maximum absolute atomic E-state index is 12.7. The second kappa shape index (κ2) is 7.34. The molecule has 0 aromatic heterocycles. The number of hydrogen-bond acceptors (Lipinski definition) is 3. The lowest BCUT2D eigenvalue weighted by molar-refractivity contribution is 0.0715. The van der Waals surface area contributed by atoms with Crippen LogP contribution in [-0.2, 0) is 0 Å². The van der Waals surface area contributed by atoms with Crippen LogP contribution in [0.15, 0.2) is 18.2 Å². The fraction of sp³-hybridized carbons (Fsp3) is 0.588. The van der Waals surface area contributed by atoms with Crippen LogP contribution in [-0.4, -0.2) is 38.0 Å². The van der Waals surface area contributed by atoms with Gasteiger partial charge in [0.25, 0.3) is 5.91 Å². The smallest absolute Gasteiger partial charge is 0.253 e. The number of carbonyl (C=O) groups excluding carboxylic acids is 1. The Morgan fingerprint density at radius 3 is 2.00 bits per heavy atom. The second-order valence-electron chi connectivity index (χ2n) is 6.67. The van der Waals surface area contributed by atoms with Crippen LogP contribution in [0.25, 0.3) is 0 Å². The van der Waals surface area contributed by atoms with Gasteiger partial charge in [-0.25, -0.2) is 0 Å². The van der Waals surface area contributed by atoms with Crippen molar-refractivity contribution in [2.24, 2.45) is 11.8 Å². The highest BCUT2D eigenvalue weighted by molar-refractivity contribution is 5.96. The van der Waals surface area contributed by atoms with Gasteiger partial charge in [0.05, 0.1) is 11.4 Å². The quantitative estimate of drug-likeness (QED) is 0.819. The number of amides is 1. The highest BCUT2D eigenvalue weighted by atomic mass is 16.2. The molecule has 1 aromatic carbocycles. The monoisotopic (exact) mass is 291 g/mol. The van der Waals surface area contributed by atoms with Crippen molar-refractivity contribution in [3.05, 3.63) is 23.8 Å². The summed E-state index contributed by atoms with van der Waals surface area (Å²) >= 11 is 0. The van der Waals surface area contributed by atoms with Crippen molar-refractivity contribution < 1.29 is 4.79 Å². The summed E-state index contributed by atoms with van der Waals surface area (Å²) in [6, 6.07) is 5.55. The standard InChI is InChI=1S/C17H29N3O/c1-12(2)10-20(11-13(3)4)17(21)14-7-8-16(19(5)6)15(18)9-14/h7-9,12-13H,10-11,18H2,1-6H3. The summed E-state index contributed by atoms with van der Waals surface area (Å²) < 4.78 is 0. The lowest BCUT2D eigenvalue weighted by atomic mass is 10.1. The molecule has 1 amide bonds. The molecule has 0 atom stereocenters. The molecule has 1 aromatic rings. The number of nitrogen functional groups attached to an aromatic ring is 1. The summed E-state index contributed by atoms with van der Waals surface area (Å²) in [5.41, 5.74) is 8.29. The molecule has 1 rings (SSSR count). The van der Waals surface area contributed by atoms with E-state index < -0.39 is 0 Å². The minimum Gasteiger partial charge on any atom is -0.397 e. The van der Waals surface area contributed by atoms with E-state index in [0.29, 0.717) is 23.1 Å². The van der Waals surface area contributed by atoms with E-state index in [0.717, 1.165) is 18.8 Å². The fourth-order valence-electron chi connectivity index (χ4n) is 2.40. The minimum atomic E-state index is 0.0643. The van der Waals surface area contributed by atoms with E-state index in [4.69, 9.17) is 5.73 Å². The average Bonchev–Trinajstić information content (AvgIpc) is 2.35. The van der Waals surface area contributed by atoms with E-state index in [9.17, 15) is 4.79 Å². The number of nitrogens with two attached hydrogens (primary N) is 1. The molecule has 0 aliphatic carbocycles. The van der Waals surface area contributed by atoms with Crippen LogP contribution < -0.4 is 10.6 Å². The molecule has 0 spiro atoms. The second-order valence-corrected chi connectivity index (χ2v) is 6.67. The van der Waals surface area contributed by atoms with Crippen molar-refractivity contribution in [3.63, 3.8) is 0 Å². The third-order valence-corrected chi connectivity index (χ3v) is 3.21. The maximum Gasteiger partial charge on any atom is 0.253 e. The predicted molar refractivity (Wildman–Crippen MR) is 90.8 cm³/mol. The van der Waals surface area contributed by atoms with Crippen LogP contribution in [0.4, 0.5) is 11.4 Å². The number of rotatable bonds is 6. The molecule has 2 N–H and O–H groups in total. The summed E-state index contributed by atoms with van der Waals surface area (Å²) in [4.78, 5) is 16.6. The molecule has 0 saturated heterocycles. The topological polar surface area (TPSA) is 49.6 Å². The lowest BCUT2D eigenvalue weighted by Crippen LogP contribution is -2.37. The molecule has 0 unspecified atom stereocenters. The molecule has 0 fully saturated rings. The highest BCUT2D eigenvalue weighted by Crippen LogP contribution is 2.23. The third kappa shape index (κ3) is 4.96. The van der Waals surface area contributed by atoms with Gasteiger partial charge in [0.15, 0.2) is 0 Å². The normalized spacial score (nSPS) is 11.0. The van der Waals surface area contributed by atoms with Gasteiger partial charge in [-0.2, -0.15) is 0 Å². The van der Waals surface area contributed by atoms with Crippen LogP contribution in [0, 0.1) is 11.8 Å². The molecule has 4 nitrogen and oxygen atoms in total. The molecule has 21 heavy (non-hydrogen) atoms. The van der Waals surface area contributed by atoms with Gasteiger partial charge in [0, 0.05) is 32.7 Å². The van der Waals surface area contributed by atoms with Crippen molar-refractivity contribution in [3.8, 4) is 0 Å². The van der Waals surface area contributed by atoms with Gasteiger partial charge in [-0.15, -0.1) is 0 Å². The van der Waals surface area contributed by atoms with E-state index in [2.05, 4.69) is 27.7 Å². The summed E-state index contributed by atoms with van der Waals surface area (Å²) in [7, 11) is 3.88. The van der Waals surface area contributed by atoms with Crippen LogP contribution in [0.1, 0.15) is 38.1 Å². The molecule has 0 aliphatic heterocycles. The van der Waals surface area contributed by atoms with Gasteiger partial charge in [-0.05, 0) is 30.0 Å². The molecule has 4 heteroatoms. The highest BCUT2D eigenvalue weighted by Gasteiger charge is 2.19. The van der Waals surface area contributed by atoms with Crippen LogP contribution >= 0.6 is 0 Å². The Labute approximate surface area is 128 Å². The zero-order chi connectivity index (χ0) is 16.2. The molecule has 0 heterocycles. The Kier molecular flexibility index (Phi) is 6.06. The predicted octanol–water partition coefficient (Wildman–Crippen LogP) is 3.09.